The molecule has 1 saturated heterocycles. The highest BCUT2D eigenvalue weighted by Gasteiger charge is 2.35. The smallest absolute Gasteiger partial charge is 0.225 e. The molecular formula is C20H38N2O3. The fourth-order valence-electron chi connectivity index (χ4n) is 4.24. The molecule has 2 fully saturated rings. The molecule has 2 atom stereocenters. The lowest BCUT2D eigenvalue weighted by Crippen LogP contribution is -2.57. The summed E-state index contributed by atoms with van der Waals surface area (Å²) >= 11 is 0. The van der Waals surface area contributed by atoms with E-state index in [1.807, 2.05) is 4.90 Å². The SMILES string of the molecule is CC(C)C1CCC(OCC2C(N)CCCN2C(=O)CC(C)(C)O)CC1. The number of ether oxygens (including phenoxy) is 1. The Hall–Kier alpha value is -0.650. The van der Waals surface area contributed by atoms with Crippen molar-refractivity contribution in [1.82, 2.24) is 4.90 Å². The van der Waals surface area contributed by atoms with Crippen molar-refractivity contribution in [2.75, 3.05) is 13.2 Å². The fourth-order valence-corrected chi connectivity index (χ4v) is 4.24. The highest BCUT2D eigenvalue weighted by atomic mass is 16.5. The van der Waals surface area contributed by atoms with Crippen molar-refractivity contribution in [2.24, 2.45) is 17.6 Å². The molecule has 5 nitrogen and oxygen atoms in total. The fraction of sp³-hybridized carbons (Fsp3) is 0.950. The Morgan fingerprint density at radius 2 is 1.88 bits per heavy atom. The summed E-state index contributed by atoms with van der Waals surface area (Å²) in [6.07, 6.45) is 6.99. The molecule has 0 spiro atoms. The maximum Gasteiger partial charge on any atom is 0.225 e. The molecule has 0 bridgehead atoms. The Kier molecular flexibility index (Phi) is 7.29. The summed E-state index contributed by atoms with van der Waals surface area (Å²) in [4.78, 5) is 14.4. The van der Waals surface area contributed by atoms with Crippen molar-refractivity contribution in [3.8, 4) is 0 Å². The van der Waals surface area contributed by atoms with Gasteiger partial charge in [0.05, 0.1) is 30.8 Å². The molecule has 2 rings (SSSR count). The van der Waals surface area contributed by atoms with E-state index in [1.165, 1.54) is 12.8 Å². The molecule has 2 aliphatic rings. The van der Waals surface area contributed by atoms with Crippen molar-refractivity contribution < 1.29 is 14.6 Å². The minimum atomic E-state index is -0.987. The standard InChI is InChI=1S/C20H38N2O3/c1-14(2)15-7-9-16(10-8-15)25-13-18-17(21)6-5-11-22(18)19(23)12-20(3,4)24/h14-18,24H,5-13,21H2,1-4H3. The molecule has 1 amide bonds. The number of amides is 1. The minimum absolute atomic E-state index is 0.0141. The van der Waals surface area contributed by atoms with Crippen LogP contribution < -0.4 is 5.73 Å². The first-order valence-electron chi connectivity index (χ1n) is 10.1. The van der Waals surface area contributed by atoms with Gasteiger partial charge in [-0.25, -0.2) is 0 Å². The molecular weight excluding hydrogens is 316 g/mol. The van der Waals surface area contributed by atoms with Crippen LogP contribution in [-0.2, 0) is 9.53 Å². The van der Waals surface area contributed by atoms with E-state index in [0.29, 0.717) is 12.7 Å². The number of piperidine rings is 1. The van der Waals surface area contributed by atoms with Crippen molar-refractivity contribution in [3.05, 3.63) is 0 Å². The molecule has 0 aromatic rings. The molecule has 25 heavy (non-hydrogen) atoms. The average molecular weight is 355 g/mol. The molecule has 3 N–H and O–H groups in total. The average Bonchev–Trinajstić information content (AvgIpc) is 2.52. The van der Waals surface area contributed by atoms with Crippen molar-refractivity contribution in [3.63, 3.8) is 0 Å². The third-order valence-electron chi connectivity index (χ3n) is 5.90. The second-order valence-electron chi connectivity index (χ2n) is 9.06. The van der Waals surface area contributed by atoms with Gasteiger partial charge in [-0.1, -0.05) is 13.8 Å². The summed E-state index contributed by atoms with van der Waals surface area (Å²) in [5.74, 6) is 1.56. The van der Waals surface area contributed by atoms with E-state index in [2.05, 4.69) is 13.8 Å². The van der Waals surface area contributed by atoms with Gasteiger partial charge in [0.2, 0.25) is 5.91 Å². The number of hydrogen-bond acceptors (Lipinski definition) is 4. The number of likely N-dealkylation sites (tertiary alicyclic amines) is 1. The van der Waals surface area contributed by atoms with Crippen molar-refractivity contribution in [2.45, 2.75) is 96.4 Å². The van der Waals surface area contributed by atoms with Gasteiger partial charge >= 0.3 is 0 Å². The van der Waals surface area contributed by atoms with E-state index in [9.17, 15) is 9.90 Å². The van der Waals surface area contributed by atoms with Crippen LogP contribution >= 0.6 is 0 Å². The second-order valence-corrected chi connectivity index (χ2v) is 9.06. The van der Waals surface area contributed by atoms with Crippen LogP contribution in [0, 0.1) is 11.8 Å². The summed E-state index contributed by atoms with van der Waals surface area (Å²) in [6, 6.07) is -0.0991. The maximum absolute atomic E-state index is 12.6. The Bertz CT molecular complexity index is 425. The van der Waals surface area contributed by atoms with E-state index >= 15 is 0 Å². The Labute approximate surface area is 153 Å². The molecule has 0 radical (unpaired) electrons. The van der Waals surface area contributed by atoms with Crippen LogP contribution in [0.5, 0.6) is 0 Å². The van der Waals surface area contributed by atoms with Crippen LogP contribution in [0.2, 0.25) is 0 Å². The molecule has 1 aliphatic carbocycles. The van der Waals surface area contributed by atoms with Gasteiger partial charge < -0.3 is 20.5 Å². The van der Waals surface area contributed by atoms with Gasteiger partial charge in [-0.05, 0) is 64.2 Å². The molecule has 2 unspecified atom stereocenters. The van der Waals surface area contributed by atoms with Gasteiger partial charge in [-0.3, -0.25) is 4.79 Å². The lowest BCUT2D eigenvalue weighted by Gasteiger charge is -2.41. The highest BCUT2D eigenvalue weighted by Crippen LogP contribution is 2.31. The summed E-state index contributed by atoms with van der Waals surface area (Å²) in [6.45, 7) is 9.20. The lowest BCUT2D eigenvalue weighted by molar-refractivity contribution is -0.142. The monoisotopic (exact) mass is 354 g/mol. The van der Waals surface area contributed by atoms with Crippen molar-refractivity contribution >= 4 is 5.91 Å². The molecule has 1 aliphatic heterocycles. The normalized spacial score (nSPS) is 31.4. The number of nitrogens with zero attached hydrogens (tertiary/aromatic N) is 1. The second kappa shape index (κ2) is 8.83. The summed E-state index contributed by atoms with van der Waals surface area (Å²) in [7, 11) is 0. The molecule has 1 heterocycles. The van der Waals surface area contributed by atoms with E-state index in [0.717, 1.165) is 44.1 Å². The minimum Gasteiger partial charge on any atom is -0.390 e. The van der Waals surface area contributed by atoms with Gasteiger partial charge in [-0.15, -0.1) is 0 Å². The number of hydrogen-bond donors (Lipinski definition) is 2. The Morgan fingerprint density at radius 3 is 2.44 bits per heavy atom. The number of carbonyl (C=O) groups excluding carboxylic acids is 1. The first-order chi connectivity index (χ1) is 11.7. The molecule has 1 saturated carbocycles. The molecule has 5 heteroatoms. The zero-order chi connectivity index (χ0) is 18.6. The summed E-state index contributed by atoms with van der Waals surface area (Å²) < 4.78 is 6.20. The largest absolute Gasteiger partial charge is 0.390 e. The number of nitrogens with two attached hydrogens (primary N) is 1. The number of aliphatic hydroxyl groups is 1. The van der Waals surface area contributed by atoms with Gasteiger partial charge in [-0.2, -0.15) is 0 Å². The zero-order valence-corrected chi connectivity index (χ0v) is 16.5. The maximum atomic E-state index is 12.6. The van der Waals surface area contributed by atoms with Crippen LogP contribution in [0.4, 0.5) is 0 Å². The van der Waals surface area contributed by atoms with E-state index < -0.39 is 5.60 Å². The predicted molar refractivity (Wildman–Crippen MR) is 100 cm³/mol. The molecule has 0 aromatic heterocycles. The Morgan fingerprint density at radius 1 is 1.24 bits per heavy atom. The van der Waals surface area contributed by atoms with Crippen LogP contribution in [-0.4, -0.2) is 52.9 Å². The molecule has 146 valence electrons. The number of rotatable bonds is 6. The van der Waals surface area contributed by atoms with E-state index in [1.54, 1.807) is 13.8 Å². The molecule has 0 aromatic carbocycles. The van der Waals surface area contributed by atoms with Gasteiger partial charge in [0.1, 0.15) is 0 Å². The van der Waals surface area contributed by atoms with Gasteiger partial charge in [0.15, 0.2) is 0 Å². The topological polar surface area (TPSA) is 75.8 Å². The highest BCUT2D eigenvalue weighted by molar-refractivity contribution is 5.77. The first kappa shape index (κ1) is 20.7. The van der Waals surface area contributed by atoms with Crippen LogP contribution in [0.25, 0.3) is 0 Å². The Balaban J connectivity index is 1.87. The van der Waals surface area contributed by atoms with Gasteiger partial charge in [0.25, 0.3) is 0 Å². The predicted octanol–water partition coefficient (Wildman–Crippen LogP) is 2.70. The first-order valence-corrected chi connectivity index (χ1v) is 10.1. The van der Waals surface area contributed by atoms with Crippen molar-refractivity contribution in [1.29, 1.82) is 0 Å². The van der Waals surface area contributed by atoms with Gasteiger partial charge in [0, 0.05) is 12.6 Å². The third-order valence-corrected chi connectivity index (χ3v) is 5.90. The van der Waals surface area contributed by atoms with Crippen LogP contribution in [0.1, 0.15) is 72.6 Å². The quantitative estimate of drug-likeness (QED) is 0.769. The zero-order valence-electron chi connectivity index (χ0n) is 16.5. The van der Waals surface area contributed by atoms with E-state index in [4.69, 9.17) is 10.5 Å². The van der Waals surface area contributed by atoms with Crippen LogP contribution in [0.15, 0.2) is 0 Å². The summed E-state index contributed by atoms with van der Waals surface area (Å²) in [5, 5.41) is 9.96. The van der Waals surface area contributed by atoms with E-state index in [-0.39, 0.29) is 24.4 Å². The number of carbonyl (C=O) groups is 1. The lowest BCUT2D eigenvalue weighted by atomic mass is 9.80. The summed E-state index contributed by atoms with van der Waals surface area (Å²) in [5.41, 5.74) is 5.33. The van der Waals surface area contributed by atoms with Crippen LogP contribution in [0.3, 0.4) is 0 Å². The third kappa shape index (κ3) is 6.22.